The number of nitrogens with two attached hydrogens (primary N) is 1. The Morgan fingerprint density at radius 2 is 2.28 bits per heavy atom. The Hall–Kier alpha value is -1.43. The SMILES string of the molecule is COCC(C)(N)c1noc(-c2cccc(Cl)c2)n1. The second-order valence-electron chi connectivity index (χ2n) is 4.28. The predicted molar refractivity (Wildman–Crippen MR) is 68.2 cm³/mol. The van der Waals surface area contributed by atoms with E-state index in [1.165, 1.54) is 0 Å². The van der Waals surface area contributed by atoms with Crippen LogP contribution in [0, 0.1) is 0 Å². The summed E-state index contributed by atoms with van der Waals surface area (Å²) >= 11 is 5.91. The first-order valence-corrected chi connectivity index (χ1v) is 5.78. The van der Waals surface area contributed by atoms with Gasteiger partial charge in [0, 0.05) is 17.7 Å². The van der Waals surface area contributed by atoms with Crippen LogP contribution in [0.15, 0.2) is 28.8 Å². The molecular formula is C12H14ClN3O2. The molecule has 2 rings (SSSR count). The first-order chi connectivity index (χ1) is 8.53. The highest BCUT2D eigenvalue weighted by atomic mass is 35.5. The second kappa shape index (κ2) is 5.06. The van der Waals surface area contributed by atoms with E-state index in [1.54, 1.807) is 26.2 Å². The Bertz CT molecular complexity index is 540. The summed E-state index contributed by atoms with van der Waals surface area (Å²) in [4.78, 5) is 4.27. The highest BCUT2D eigenvalue weighted by Crippen LogP contribution is 2.23. The Morgan fingerprint density at radius 3 is 2.94 bits per heavy atom. The van der Waals surface area contributed by atoms with Crippen LogP contribution in [-0.4, -0.2) is 23.9 Å². The zero-order chi connectivity index (χ0) is 13.2. The fourth-order valence-electron chi connectivity index (χ4n) is 1.56. The van der Waals surface area contributed by atoms with Crippen LogP contribution >= 0.6 is 11.6 Å². The van der Waals surface area contributed by atoms with Gasteiger partial charge in [-0.3, -0.25) is 0 Å². The van der Waals surface area contributed by atoms with E-state index < -0.39 is 5.54 Å². The van der Waals surface area contributed by atoms with Crippen molar-refractivity contribution in [1.29, 1.82) is 0 Å². The maximum absolute atomic E-state index is 6.03. The van der Waals surface area contributed by atoms with E-state index in [4.69, 9.17) is 26.6 Å². The molecule has 6 heteroatoms. The lowest BCUT2D eigenvalue weighted by molar-refractivity contribution is 0.135. The molecule has 18 heavy (non-hydrogen) atoms. The molecule has 1 unspecified atom stereocenters. The largest absolute Gasteiger partial charge is 0.382 e. The average molecular weight is 268 g/mol. The molecule has 1 aromatic heterocycles. The molecule has 0 amide bonds. The summed E-state index contributed by atoms with van der Waals surface area (Å²) in [5, 5.41) is 4.49. The first kappa shape index (κ1) is 13.0. The van der Waals surface area contributed by atoms with Gasteiger partial charge < -0.3 is 15.0 Å². The number of methoxy groups -OCH3 is 1. The Morgan fingerprint density at radius 1 is 1.50 bits per heavy atom. The molecule has 0 saturated heterocycles. The van der Waals surface area contributed by atoms with Crippen LogP contribution in [0.2, 0.25) is 5.02 Å². The van der Waals surface area contributed by atoms with E-state index in [2.05, 4.69) is 10.1 Å². The maximum atomic E-state index is 6.03. The number of rotatable bonds is 4. The Labute approximate surface area is 110 Å². The number of aromatic nitrogens is 2. The van der Waals surface area contributed by atoms with Gasteiger partial charge in [-0.2, -0.15) is 4.98 Å². The van der Waals surface area contributed by atoms with Crippen LogP contribution in [0.25, 0.3) is 11.5 Å². The van der Waals surface area contributed by atoms with E-state index in [-0.39, 0.29) is 0 Å². The topological polar surface area (TPSA) is 74.2 Å². The van der Waals surface area contributed by atoms with E-state index in [1.807, 2.05) is 12.1 Å². The molecule has 2 aromatic rings. The minimum Gasteiger partial charge on any atom is -0.382 e. The van der Waals surface area contributed by atoms with Crippen molar-refractivity contribution in [3.05, 3.63) is 35.1 Å². The van der Waals surface area contributed by atoms with Crippen molar-refractivity contribution in [2.45, 2.75) is 12.5 Å². The van der Waals surface area contributed by atoms with Crippen molar-refractivity contribution in [3.63, 3.8) is 0 Å². The monoisotopic (exact) mass is 267 g/mol. The number of hydrogen-bond donors (Lipinski definition) is 1. The van der Waals surface area contributed by atoms with Gasteiger partial charge in [0.05, 0.1) is 6.61 Å². The highest BCUT2D eigenvalue weighted by Gasteiger charge is 2.27. The molecule has 96 valence electrons. The number of hydrogen-bond acceptors (Lipinski definition) is 5. The summed E-state index contributed by atoms with van der Waals surface area (Å²) in [5.41, 5.74) is 6.01. The van der Waals surface area contributed by atoms with Crippen LogP contribution in [0.1, 0.15) is 12.7 Å². The molecule has 0 spiro atoms. The van der Waals surface area contributed by atoms with Gasteiger partial charge >= 0.3 is 0 Å². The molecule has 2 N–H and O–H groups in total. The third-order valence-corrected chi connectivity index (χ3v) is 2.69. The normalized spacial score (nSPS) is 14.4. The molecule has 0 aliphatic heterocycles. The predicted octanol–water partition coefficient (Wildman–Crippen LogP) is 2.21. The third-order valence-electron chi connectivity index (χ3n) is 2.45. The highest BCUT2D eigenvalue weighted by molar-refractivity contribution is 6.30. The van der Waals surface area contributed by atoms with Gasteiger partial charge in [-0.15, -0.1) is 0 Å². The van der Waals surface area contributed by atoms with Crippen molar-refractivity contribution in [3.8, 4) is 11.5 Å². The molecule has 1 atom stereocenters. The third kappa shape index (κ3) is 2.69. The summed E-state index contributed by atoms with van der Waals surface area (Å²) in [7, 11) is 1.57. The lowest BCUT2D eigenvalue weighted by atomic mass is 10.1. The van der Waals surface area contributed by atoms with Gasteiger partial charge in [-0.1, -0.05) is 22.8 Å². The molecule has 0 bridgehead atoms. The van der Waals surface area contributed by atoms with Crippen molar-refractivity contribution < 1.29 is 9.26 Å². The molecule has 0 aliphatic carbocycles. The van der Waals surface area contributed by atoms with Crippen molar-refractivity contribution in [2.75, 3.05) is 13.7 Å². The Balaban J connectivity index is 2.31. The van der Waals surface area contributed by atoms with E-state index >= 15 is 0 Å². The van der Waals surface area contributed by atoms with Crippen LogP contribution in [-0.2, 0) is 10.3 Å². The summed E-state index contributed by atoms with van der Waals surface area (Å²) in [6, 6.07) is 7.19. The van der Waals surface area contributed by atoms with Crippen LogP contribution in [0.4, 0.5) is 0 Å². The number of benzene rings is 1. The number of nitrogens with zero attached hydrogens (tertiary/aromatic N) is 2. The van der Waals surface area contributed by atoms with E-state index in [9.17, 15) is 0 Å². The van der Waals surface area contributed by atoms with Gasteiger partial charge in [-0.05, 0) is 25.1 Å². The van der Waals surface area contributed by atoms with E-state index in [0.29, 0.717) is 23.3 Å². The quantitative estimate of drug-likeness (QED) is 0.919. The molecule has 0 saturated carbocycles. The molecule has 1 aromatic carbocycles. The van der Waals surface area contributed by atoms with Gasteiger partial charge in [0.1, 0.15) is 5.54 Å². The number of ether oxygens (including phenoxy) is 1. The minimum absolute atomic E-state index is 0.307. The molecule has 1 heterocycles. The molecule has 0 aliphatic rings. The van der Waals surface area contributed by atoms with Crippen LogP contribution in [0.3, 0.4) is 0 Å². The van der Waals surface area contributed by atoms with Crippen molar-refractivity contribution in [2.24, 2.45) is 5.73 Å². The zero-order valence-electron chi connectivity index (χ0n) is 10.2. The van der Waals surface area contributed by atoms with Gasteiger partial charge in [-0.25, -0.2) is 0 Å². The van der Waals surface area contributed by atoms with E-state index in [0.717, 1.165) is 5.56 Å². The molecular weight excluding hydrogens is 254 g/mol. The zero-order valence-corrected chi connectivity index (χ0v) is 10.9. The van der Waals surface area contributed by atoms with Crippen molar-refractivity contribution >= 4 is 11.6 Å². The standard InChI is InChI=1S/C12H14ClN3O2/c1-12(14,7-17-2)11-15-10(18-16-11)8-4-3-5-9(13)6-8/h3-6H,7,14H2,1-2H3. The molecule has 0 fully saturated rings. The number of halogens is 1. The minimum atomic E-state index is -0.783. The summed E-state index contributed by atoms with van der Waals surface area (Å²) in [6.07, 6.45) is 0. The molecule has 0 radical (unpaired) electrons. The van der Waals surface area contributed by atoms with Gasteiger partial charge in [0.15, 0.2) is 5.82 Å². The van der Waals surface area contributed by atoms with Gasteiger partial charge in [0.2, 0.25) is 0 Å². The smallest absolute Gasteiger partial charge is 0.258 e. The van der Waals surface area contributed by atoms with Crippen molar-refractivity contribution in [1.82, 2.24) is 10.1 Å². The fourth-order valence-corrected chi connectivity index (χ4v) is 1.75. The first-order valence-electron chi connectivity index (χ1n) is 5.41. The lowest BCUT2D eigenvalue weighted by Gasteiger charge is -2.18. The fraction of sp³-hybridized carbons (Fsp3) is 0.333. The Kier molecular flexibility index (Phi) is 3.65. The summed E-state index contributed by atoms with van der Waals surface area (Å²) in [5.74, 6) is 0.791. The molecule has 5 nitrogen and oxygen atoms in total. The van der Waals surface area contributed by atoms with Crippen LogP contribution < -0.4 is 5.73 Å². The average Bonchev–Trinajstić information content (AvgIpc) is 2.78. The van der Waals surface area contributed by atoms with Crippen LogP contribution in [0.5, 0.6) is 0 Å². The second-order valence-corrected chi connectivity index (χ2v) is 4.72. The summed E-state index contributed by atoms with van der Waals surface area (Å²) < 4.78 is 10.2. The van der Waals surface area contributed by atoms with Gasteiger partial charge in [0.25, 0.3) is 5.89 Å². The maximum Gasteiger partial charge on any atom is 0.258 e. The summed E-state index contributed by atoms with van der Waals surface area (Å²) in [6.45, 7) is 2.09. The lowest BCUT2D eigenvalue weighted by Crippen LogP contribution is -2.38.